The quantitative estimate of drug-likeness (QED) is 0.389. The van der Waals surface area contributed by atoms with Crippen LogP contribution in [-0.2, 0) is 13.6 Å². The topological polar surface area (TPSA) is 104 Å². The number of hydrogen-bond acceptors (Lipinski definition) is 6. The third kappa shape index (κ3) is 4.10. The molecule has 7 nitrogen and oxygen atoms in total. The minimum absolute atomic E-state index is 0.0446. The highest BCUT2D eigenvalue weighted by atomic mass is 16.3. The van der Waals surface area contributed by atoms with Crippen LogP contribution in [0.5, 0.6) is 11.5 Å². The number of carbonyl (C=O) groups is 1. The molecule has 0 amide bonds. The van der Waals surface area contributed by atoms with Gasteiger partial charge in [-0.2, -0.15) is 0 Å². The Morgan fingerprint density at radius 1 is 1.03 bits per heavy atom. The van der Waals surface area contributed by atoms with Gasteiger partial charge in [0.2, 0.25) is 0 Å². The number of benzene rings is 2. The zero-order valence-electron chi connectivity index (χ0n) is 17.5. The van der Waals surface area contributed by atoms with E-state index in [1.54, 1.807) is 68.0 Å². The minimum atomic E-state index is -0.576. The van der Waals surface area contributed by atoms with E-state index in [1.165, 1.54) is 4.57 Å². The predicted octanol–water partition coefficient (Wildman–Crippen LogP) is 3.45. The van der Waals surface area contributed by atoms with Gasteiger partial charge in [-0.1, -0.05) is 30.3 Å². The molecule has 0 saturated carbocycles. The first-order chi connectivity index (χ1) is 15.5. The molecule has 0 aliphatic carbocycles. The molecule has 2 aromatic heterocycles. The number of phenols is 1. The molecule has 32 heavy (non-hydrogen) atoms. The molecule has 2 heterocycles. The molecule has 0 fully saturated rings. The Morgan fingerprint density at radius 2 is 1.72 bits per heavy atom. The zero-order valence-corrected chi connectivity index (χ0v) is 17.5. The van der Waals surface area contributed by atoms with E-state index in [9.17, 15) is 19.8 Å². The van der Waals surface area contributed by atoms with Crippen LogP contribution in [-0.4, -0.2) is 25.5 Å². The second-order valence-electron chi connectivity index (χ2n) is 7.58. The summed E-state index contributed by atoms with van der Waals surface area (Å²) < 4.78 is 1.36. The summed E-state index contributed by atoms with van der Waals surface area (Å²) in [5.41, 5.74) is 1.22. The van der Waals surface area contributed by atoms with E-state index in [0.717, 1.165) is 5.56 Å². The van der Waals surface area contributed by atoms with E-state index in [2.05, 4.69) is 10.3 Å². The zero-order chi connectivity index (χ0) is 22.7. The highest BCUT2D eigenvalue weighted by molar-refractivity contribution is 6.03. The number of Topliss-reactive ketones (excluding diaryl/α,β-unsaturated/α-hetero) is 1. The van der Waals surface area contributed by atoms with Crippen molar-refractivity contribution in [3.63, 3.8) is 0 Å². The summed E-state index contributed by atoms with van der Waals surface area (Å²) in [7, 11) is 1.57. The third-order valence-corrected chi connectivity index (χ3v) is 5.56. The van der Waals surface area contributed by atoms with Crippen molar-refractivity contribution in [1.29, 1.82) is 0 Å². The van der Waals surface area contributed by atoms with Crippen LogP contribution in [0.15, 0.2) is 77.9 Å². The number of aromatic nitrogens is 2. The van der Waals surface area contributed by atoms with Gasteiger partial charge in [-0.15, -0.1) is 0 Å². The van der Waals surface area contributed by atoms with Crippen molar-refractivity contribution in [1.82, 2.24) is 14.9 Å². The first kappa shape index (κ1) is 21.3. The van der Waals surface area contributed by atoms with Crippen LogP contribution in [0.1, 0.15) is 33.9 Å². The van der Waals surface area contributed by atoms with E-state index in [4.69, 9.17) is 0 Å². The molecular formula is C25H23N3O4. The first-order valence-corrected chi connectivity index (χ1v) is 10.2. The average molecular weight is 429 g/mol. The van der Waals surface area contributed by atoms with Gasteiger partial charge in [0.25, 0.3) is 5.56 Å². The number of aromatic hydroxyl groups is 2. The normalized spacial score (nSPS) is 12.0. The molecule has 4 aromatic rings. The van der Waals surface area contributed by atoms with E-state index in [1.807, 2.05) is 12.1 Å². The maximum absolute atomic E-state index is 13.3. The van der Waals surface area contributed by atoms with Gasteiger partial charge in [-0.3, -0.25) is 14.6 Å². The van der Waals surface area contributed by atoms with E-state index in [-0.39, 0.29) is 23.5 Å². The number of phenolic OH excluding ortho intramolecular Hbond substituents is 1. The van der Waals surface area contributed by atoms with Gasteiger partial charge in [0.15, 0.2) is 5.78 Å². The lowest BCUT2D eigenvalue weighted by Crippen LogP contribution is -2.29. The van der Waals surface area contributed by atoms with E-state index >= 15 is 0 Å². The Labute approximate surface area is 184 Å². The second-order valence-corrected chi connectivity index (χ2v) is 7.58. The maximum atomic E-state index is 13.3. The molecular weight excluding hydrogens is 406 g/mol. The maximum Gasteiger partial charge on any atom is 0.265 e. The van der Waals surface area contributed by atoms with Crippen molar-refractivity contribution in [2.75, 3.05) is 0 Å². The minimum Gasteiger partial charge on any atom is -0.508 e. The molecule has 1 atom stereocenters. The van der Waals surface area contributed by atoms with Crippen LogP contribution >= 0.6 is 0 Å². The second kappa shape index (κ2) is 9.03. The van der Waals surface area contributed by atoms with Crippen LogP contribution in [0, 0.1) is 0 Å². The number of hydrogen-bond donors (Lipinski definition) is 3. The molecule has 1 unspecified atom stereocenters. The fourth-order valence-corrected chi connectivity index (χ4v) is 3.83. The predicted molar refractivity (Wildman–Crippen MR) is 122 cm³/mol. The molecule has 0 aliphatic heterocycles. The fraction of sp³-hybridized carbons (Fsp3) is 0.160. The molecule has 0 spiro atoms. The molecule has 3 N–H and O–H groups in total. The summed E-state index contributed by atoms with van der Waals surface area (Å²) in [6.45, 7) is 0.427. The number of nitrogens with one attached hydrogen (secondary N) is 1. The van der Waals surface area contributed by atoms with Crippen LogP contribution in [0.3, 0.4) is 0 Å². The molecule has 0 radical (unpaired) electrons. The number of para-hydroxylation sites is 2. The van der Waals surface area contributed by atoms with Gasteiger partial charge in [-0.25, -0.2) is 0 Å². The number of nitrogens with zero attached hydrogens (tertiary/aromatic N) is 2. The number of carbonyl (C=O) groups excluding carboxylic acids is 1. The van der Waals surface area contributed by atoms with E-state index in [0.29, 0.717) is 23.0 Å². The molecule has 162 valence electrons. The summed E-state index contributed by atoms with van der Waals surface area (Å²) in [6, 6.07) is 16.8. The fourth-order valence-electron chi connectivity index (χ4n) is 3.83. The van der Waals surface area contributed by atoms with Crippen molar-refractivity contribution >= 4 is 16.7 Å². The molecule has 2 aromatic carbocycles. The lowest BCUT2D eigenvalue weighted by Gasteiger charge is -2.20. The number of rotatable bonds is 7. The van der Waals surface area contributed by atoms with Crippen molar-refractivity contribution in [2.24, 2.45) is 7.05 Å². The number of aryl methyl sites for hydroxylation is 1. The average Bonchev–Trinajstić information content (AvgIpc) is 2.81. The van der Waals surface area contributed by atoms with Gasteiger partial charge in [-0.05, 0) is 35.9 Å². The molecule has 7 heteroatoms. The van der Waals surface area contributed by atoms with Crippen LogP contribution in [0.2, 0.25) is 0 Å². The SMILES string of the molecule is Cn1c(=O)c(C(=O)CC(NCc2ccncc2)c2ccccc2O)c(O)c2ccccc21. The molecule has 0 bridgehead atoms. The summed E-state index contributed by atoms with van der Waals surface area (Å²) in [5, 5.41) is 24.9. The Hall–Kier alpha value is -3.97. The lowest BCUT2D eigenvalue weighted by atomic mass is 9.96. The van der Waals surface area contributed by atoms with Crippen molar-refractivity contribution in [2.45, 2.75) is 19.0 Å². The number of ketones is 1. The van der Waals surface area contributed by atoms with Gasteiger partial charge in [0.05, 0.1) is 5.52 Å². The van der Waals surface area contributed by atoms with Crippen molar-refractivity contribution in [3.8, 4) is 11.5 Å². The lowest BCUT2D eigenvalue weighted by molar-refractivity contribution is 0.0963. The Morgan fingerprint density at radius 3 is 2.47 bits per heavy atom. The largest absolute Gasteiger partial charge is 0.508 e. The van der Waals surface area contributed by atoms with Crippen LogP contribution in [0.4, 0.5) is 0 Å². The summed E-state index contributed by atoms with van der Waals surface area (Å²) in [4.78, 5) is 30.2. The van der Waals surface area contributed by atoms with Crippen molar-refractivity contribution in [3.05, 3.63) is 100 Å². The number of fused-ring (bicyclic) bond motifs is 1. The van der Waals surface area contributed by atoms with Gasteiger partial charge in [0, 0.05) is 49.4 Å². The smallest absolute Gasteiger partial charge is 0.265 e. The standard InChI is InChI=1S/C25H23N3O4/c1-28-20-8-4-2-7-18(20)24(31)23(25(28)32)22(30)14-19(17-6-3-5-9-21(17)29)27-15-16-10-12-26-13-11-16/h2-13,19,27,29,31H,14-15H2,1H3. The summed E-state index contributed by atoms with van der Waals surface area (Å²) in [6.07, 6.45) is 3.23. The Balaban J connectivity index is 1.70. The first-order valence-electron chi connectivity index (χ1n) is 10.2. The highest BCUT2D eigenvalue weighted by Gasteiger charge is 2.25. The van der Waals surface area contributed by atoms with Gasteiger partial charge in [0.1, 0.15) is 17.1 Å². The Bertz CT molecular complexity index is 1330. The molecule has 0 saturated heterocycles. The summed E-state index contributed by atoms with van der Waals surface area (Å²) >= 11 is 0. The van der Waals surface area contributed by atoms with Crippen molar-refractivity contribution < 1.29 is 15.0 Å². The van der Waals surface area contributed by atoms with E-state index < -0.39 is 17.4 Å². The molecule has 0 aliphatic rings. The summed E-state index contributed by atoms with van der Waals surface area (Å²) in [5.74, 6) is -0.786. The van der Waals surface area contributed by atoms with Gasteiger partial charge < -0.3 is 20.1 Å². The van der Waals surface area contributed by atoms with Gasteiger partial charge >= 0.3 is 0 Å². The molecule has 4 rings (SSSR count). The van der Waals surface area contributed by atoms with Crippen LogP contribution in [0.25, 0.3) is 10.9 Å². The highest BCUT2D eigenvalue weighted by Crippen LogP contribution is 2.31. The monoisotopic (exact) mass is 429 g/mol. The van der Waals surface area contributed by atoms with Crippen LogP contribution < -0.4 is 10.9 Å². The third-order valence-electron chi connectivity index (χ3n) is 5.56. The number of pyridine rings is 2. The Kier molecular flexibility index (Phi) is 6.00.